The molecule has 0 spiro atoms. The molecule has 1 atom stereocenters. The zero-order chi connectivity index (χ0) is 22.2. The Bertz CT molecular complexity index is 1360. The number of hydrogen-bond acceptors (Lipinski definition) is 4. The van der Waals surface area contributed by atoms with Gasteiger partial charge in [0, 0.05) is 30.3 Å². The first kappa shape index (κ1) is 20.1. The quantitative estimate of drug-likeness (QED) is 0.474. The number of anilines is 1. The molecule has 0 saturated heterocycles. The molecule has 8 heteroatoms. The highest BCUT2D eigenvalue weighted by Crippen LogP contribution is 2.35. The summed E-state index contributed by atoms with van der Waals surface area (Å²) in [5.41, 5.74) is 3.18. The molecule has 0 bridgehead atoms. The zero-order valence-corrected chi connectivity index (χ0v) is 18.0. The van der Waals surface area contributed by atoms with Gasteiger partial charge in [-0.1, -0.05) is 24.3 Å². The number of rotatable bonds is 4. The van der Waals surface area contributed by atoms with E-state index in [1.807, 2.05) is 41.9 Å². The Balaban J connectivity index is 1.47. The monoisotopic (exact) mass is 446 g/mol. The number of nitrogens with one attached hydrogen (secondary N) is 1. The molecular weight excluding hydrogens is 427 g/mol. The molecule has 32 heavy (non-hydrogen) atoms. The molecule has 0 saturated carbocycles. The molecule has 2 amide bonds. The SMILES string of the molecule is CC(=O)N1C=Cc2ccccc2C1CC(=O)Nc1c(-c2ccc(F)cc2)nc2sccn12. The molecule has 2 aromatic carbocycles. The van der Waals surface area contributed by atoms with Crippen LogP contribution in [0.25, 0.3) is 22.3 Å². The number of hydrogen-bond donors (Lipinski definition) is 1. The summed E-state index contributed by atoms with van der Waals surface area (Å²) in [6, 6.07) is 13.3. The second-order valence-corrected chi connectivity index (χ2v) is 8.38. The summed E-state index contributed by atoms with van der Waals surface area (Å²) < 4.78 is 15.2. The van der Waals surface area contributed by atoms with Crippen molar-refractivity contribution < 1.29 is 14.0 Å². The van der Waals surface area contributed by atoms with Crippen molar-refractivity contribution in [3.8, 4) is 11.3 Å². The van der Waals surface area contributed by atoms with Crippen molar-refractivity contribution in [2.75, 3.05) is 5.32 Å². The summed E-state index contributed by atoms with van der Waals surface area (Å²) in [6.07, 6.45) is 5.52. The number of benzene rings is 2. The van der Waals surface area contributed by atoms with Crippen LogP contribution < -0.4 is 5.32 Å². The molecule has 1 N–H and O–H groups in total. The van der Waals surface area contributed by atoms with E-state index in [1.54, 1.807) is 27.6 Å². The van der Waals surface area contributed by atoms with E-state index in [-0.39, 0.29) is 24.1 Å². The van der Waals surface area contributed by atoms with Crippen LogP contribution in [-0.2, 0) is 9.59 Å². The second kappa shape index (κ2) is 8.05. The van der Waals surface area contributed by atoms with Crippen molar-refractivity contribution in [2.24, 2.45) is 0 Å². The predicted octanol–water partition coefficient (Wildman–Crippen LogP) is 5.10. The lowest BCUT2D eigenvalue weighted by molar-refractivity contribution is -0.129. The summed E-state index contributed by atoms with van der Waals surface area (Å²) in [6.45, 7) is 1.49. The first-order chi connectivity index (χ1) is 15.5. The molecule has 0 fully saturated rings. The Hall–Kier alpha value is -3.78. The largest absolute Gasteiger partial charge is 0.311 e. The first-order valence-electron chi connectivity index (χ1n) is 10.1. The van der Waals surface area contributed by atoms with Gasteiger partial charge in [-0.15, -0.1) is 11.3 Å². The van der Waals surface area contributed by atoms with E-state index >= 15 is 0 Å². The van der Waals surface area contributed by atoms with E-state index in [9.17, 15) is 14.0 Å². The number of imidazole rings is 1. The van der Waals surface area contributed by atoms with Gasteiger partial charge in [0.2, 0.25) is 11.8 Å². The lowest BCUT2D eigenvalue weighted by atomic mass is 9.93. The van der Waals surface area contributed by atoms with Crippen molar-refractivity contribution in [2.45, 2.75) is 19.4 Å². The van der Waals surface area contributed by atoms with Crippen LogP contribution in [0.4, 0.5) is 10.2 Å². The number of aromatic nitrogens is 2. The van der Waals surface area contributed by atoms with Gasteiger partial charge in [-0.05, 0) is 41.5 Å². The molecule has 160 valence electrons. The highest BCUT2D eigenvalue weighted by molar-refractivity contribution is 7.15. The maximum Gasteiger partial charge on any atom is 0.227 e. The minimum Gasteiger partial charge on any atom is -0.311 e. The van der Waals surface area contributed by atoms with Crippen molar-refractivity contribution in [1.29, 1.82) is 0 Å². The van der Waals surface area contributed by atoms with Crippen LogP contribution in [-0.4, -0.2) is 26.1 Å². The third-order valence-electron chi connectivity index (χ3n) is 5.49. The van der Waals surface area contributed by atoms with E-state index in [0.29, 0.717) is 17.1 Å². The number of fused-ring (bicyclic) bond motifs is 2. The van der Waals surface area contributed by atoms with Gasteiger partial charge >= 0.3 is 0 Å². The van der Waals surface area contributed by atoms with Crippen LogP contribution >= 0.6 is 11.3 Å². The third-order valence-corrected chi connectivity index (χ3v) is 6.24. The number of carbonyl (C=O) groups is 2. The van der Waals surface area contributed by atoms with Gasteiger partial charge in [0.25, 0.3) is 0 Å². The fourth-order valence-corrected chi connectivity index (χ4v) is 4.70. The summed E-state index contributed by atoms with van der Waals surface area (Å²) in [7, 11) is 0. The standard InChI is InChI=1S/C24H19FN4O2S/c1-15(30)28-11-10-16-4-2-3-5-19(16)20(28)14-21(31)26-23-22(17-6-8-18(25)9-7-17)27-24-29(23)12-13-32-24/h2-13,20H,14H2,1H3,(H,26,31). The van der Waals surface area contributed by atoms with Crippen LogP contribution in [0.5, 0.6) is 0 Å². The van der Waals surface area contributed by atoms with Crippen molar-refractivity contribution in [1.82, 2.24) is 14.3 Å². The zero-order valence-electron chi connectivity index (χ0n) is 17.2. The topological polar surface area (TPSA) is 66.7 Å². The molecule has 0 radical (unpaired) electrons. The smallest absolute Gasteiger partial charge is 0.227 e. The van der Waals surface area contributed by atoms with Crippen molar-refractivity contribution >= 4 is 40.0 Å². The molecule has 1 aliphatic heterocycles. The van der Waals surface area contributed by atoms with Crippen molar-refractivity contribution in [3.05, 3.63) is 83.3 Å². The number of thiazole rings is 1. The van der Waals surface area contributed by atoms with E-state index in [1.165, 1.54) is 30.4 Å². The summed E-state index contributed by atoms with van der Waals surface area (Å²) >= 11 is 1.44. The molecule has 4 aromatic rings. The maximum absolute atomic E-state index is 13.4. The Morgan fingerprint density at radius 2 is 1.94 bits per heavy atom. The predicted molar refractivity (Wildman–Crippen MR) is 122 cm³/mol. The minimum atomic E-state index is -0.408. The van der Waals surface area contributed by atoms with Gasteiger partial charge in [0.05, 0.1) is 12.5 Å². The number of carbonyl (C=O) groups excluding carboxylic acids is 2. The van der Waals surface area contributed by atoms with Crippen LogP contribution in [0.3, 0.4) is 0 Å². The highest BCUT2D eigenvalue weighted by atomic mass is 32.1. The van der Waals surface area contributed by atoms with Gasteiger partial charge in [0.15, 0.2) is 4.96 Å². The fourth-order valence-electron chi connectivity index (χ4n) is 3.99. The fraction of sp³-hybridized carbons (Fsp3) is 0.125. The highest BCUT2D eigenvalue weighted by Gasteiger charge is 2.29. The lowest BCUT2D eigenvalue weighted by Crippen LogP contribution is -2.33. The van der Waals surface area contributed by atoms with Crippen LogP contribution in [0.2, 0.25) is 0 Å². The minimum absolute atomic E-state index is 0.0845. The van der Waals surface area contributed by atoms with E-state index in [2.05, 4.69) is 10.3 Å². The summed E-state index contributed by atoms with van der Waals surface area (Å²) in [4.78, 5) is 32.3. The third kappa shape index (κ3) is 3.58. The van der Waals surface area contributed by atoms with Crippen LogP contribution in [0.1, 0.15) is 30.5 Å². The number of amides is 2. The Labute approximate surface area is 187 Å². The average molecular weight is 447 g/mol. The Morgan fingerprint density at radius 1 is 1.16 bits per heavy atom. The van der Waals surface area contributed by atoms with Crippen LogP contribution in [0, 0.1) is 5.82 Å². The summed E-state index contributed by atoms with van der Waals surface area (Å²) in [5, 5.41) is 4.86. The molecule has 1 unspecified atom stereocenters. The normalized spacial score (nSPS) is 15.1. The molecule has 6 nitrogen and oxygen atoms in total. The average Bonchev–Trinajstić information content (AvgIpc) is 3.37. The van der Waals surface area contributed by atoms with Gasteiger partial charge < -0.3 is 10.2 Å². The Kier molecular flexibility index (Phi) is 5.07. The Morgan fingerprint density at radius 3 is 2.72 bits per heavy atom. The number of halogens is 1. The summed E-state index contributed by atoms with van der Waals surface area (Å²) in [5.74, 6) is -0.201. The molecule has 0 aliphatic carbocycles. The van der Waals surface area contributed by atoms with E-state index in [0.717, 1.165) is 16.1 Å². The van der Waals surface area contributed by atoms with E-state index < -0.39 is 6.04 Å². The molecule has 1 aliphatic rings. The van der Waals surface area contributed by atoms with Crippen LogP contribution in [0.15, 0.2) is 66.3 Å². The molecule has 2 aromatic heterocycles. The molecule has 3 heterocycles. The number of nitrogens with zero attached hydrogens (tertiary/aromatic N) is 3. The van der Waals surface area contributed by atoms with Gasteiger partial charge in [-0.3, -0.25) is 14.0 Å². The second-order valence-electron chi connectivity index (χ2n) is 7.51. The first-order valence-corrected chi connectivity index (χ1v) is 11.0. The van der Waals surface area contributed by atoms with Gasteiger partial charge in [0.1, 0.15) is 17.3 Å². The molecule has 5 rings (SSSR count). The van der Waals surface area contributed by atoms with Crippen molar-refractivity contribution in [3.63, 3.8) is 0 Å². The molecular formula is C24H19FN4O2S. The van der Waals surface area contributed by atoms with E-state index in [4.69, 9.17) is 0 Å². The lowest BCUT2D eigenvalue weighted by Gasteiger charge is -2.32. The van der Waals surface area contributed by atoms with Gasteiger partial charge in [-0.2, -0.15) is 0 Å². The maximum atomic E-state index is 13.4. The van der Waals surface area contributed by atoms with Gasteiger partial charge in [-0.25, -0.2) is 9.37 Å².